The van der Waals surface area contributed by atoms with Crippen LogP contribution >= 0.6 is 0 Å². The van der Waals surface area contributed by atoms with E-state index in [4.69, 9.17) is 9.47 Å². The summed E-state index contributed by atoms with van der Waals surface area (Å²) in [7, 11) is 0. The van der Waals surface area contributed by atoms with Gasteiger partial charge in [0.1, 0.15) is 0 Å². The smallest absolute Gasteiger partial charge is 0.167 e. The molecule has 20 heavy (non-hydrogen) atoms. The number of pyridine rings is 1. The first-order chi connectivity index (χ1) is 9.69. The fourth-order valence-corrected chi connectivity index (χ4v) is 3.19. The van der Waals surface area contributed by atoms with Crippen LogP contribution in [0.3, 0.4) is 0 Å². The molecule has 0 aromatic carbocycles. The average molecular weight is 275 g/mol. The Labute approximate surface area is 119 Å². The molecule has 3 heterocycles. The van der Waals surface area contributed by atoms with Crippen LogP contribution < -0.4 is 0 Å². The number of Topliss-reactive ketones (excluding diaryl/α,β-unsaturated/α-hetero) is 1. The molecule has 4 heteroatoms. The van der Waals surface area contributed by atoms with Crippen LogP contribution in [0.1, 0.15) is 41.7 Å². The third-order valence-corrected chi connectivity index (χ3v) is 4.46. The molecule has 1 unspecified atom stereocenters. The number of ether oxygens (including phenoxy) is 2. The number of nitrogens with zero attached hydrogens (tertiary/aromatic N) is 1. The fraction of sp³-hybridized carbons (Fsp3) is 0.625. The molecular formula is C16H21NO3. The first kappa shape index (κ1) is 13.7. The summed E-state index contributed by atoms with van der Waals surface area (Å²) in [6, 6.07) is 3.79. The third-order valence-electron chi connectivity index (χ3n) is 4.46. The van der Waals surface area contributed by atoms with Gasteiger partial charge in [-0.2, -0.15) is 0 Å². The minimum atomic E-state index is -0.130. The molecule has 0 aliphatic carbocycles. The van der Waals surface area contributed by atoms with Crippen molar-refractivity contribution >= 4 is 5.78 Å². The van der Waals surface area contributed by atoms with Crippen molar-refractivity contribution in [1.82, 2.24) is 4.98 Å². The first-order valence-electron chi connectivity index (χ1n) is 7.37. The van der Waals surface area contributed by atoms with Gasteiger partial charge in [0, 0.05) is 43.2 Å². The van der Waals surface area contributed by atoms with Gasteiger partial charge in [0.25, 0.3) is 0 Å². The molecule has 108 valence electrons. The maximum Gasteiger partial charge on any atom is 0.167 e. The van der Waals surface area contributed by atoms with Crippen LogP contribution in [-0.2, 0) is 9.47 Å². The zero-order valence-electron chi connectivity index (χ0n) is 11.9. The summed E-state index contributed by atoms with van der Waals surface area (Å²) in [4.78, 5) is 16.8. The zero-order chi connectivity index (χ0) is 14.0. The van der Waals surface area contributed by atoms with Gasteiger partial charge in [-0.05, 0) is 44.7 Å². The highest BCUT2D eigenvalue weighted by atomic mass is 16.5. The number of carbonyl (C=O) groups excluding carboxylic acids is 1. The van der Waals surface area contributed by atoms with E-state index in [9.17, 15) is 4.79 Å². The Morgan fingerprint density at radius 2 is 2.10 bits per heavy atom. The van der Waals surface area contributed by atoms with E-state index in [1.807, 2.05) is 19.1 Å². The highest BCUT2D eigenvalue weighted by molar-refractivity contribution is 5.97. The van der Waals surface area contributed by atoms with Gasteiger partial charge >= 0.3 is 0 Å². The molecule has 1 aromatic heterocycles. The van der Waals surface area contributed by atoms with Gasteiger partial charge < -0.3 is 9.47 Å². The topological polar surface area (TPSA) is 48.4 Å². The van der Waals surface area contributed by atoms with E-state index >= 15 is 0 Å². The second kappa shape index (κ2) is 5.62. The number of ketones is 1. The van der Waals surface area contributed by atoms with Crippen LogP contribution in [-0.4, -0.2) is 36.2 Å². The summed E-state index contributed by atoms with van der Waals surface area (Å²) in [5.74, 6) is 0.276. The number of rotatable bonds is 2. The van der Waals surface area contributed by atoms with Crippen LogP contribution in [0.5, 0.6) is 0 Å². The lowest BCUT2D eigenvalue weighted by atomic mass is 9.78. The van der Waals surface area contributed by atoms with Gasteiger partial charge in [0.05, 0.1) is 5.60 Å². The Morgan fingerprint density at radius 3 is 2.80 bits per heavy atom. The third kappa shape index (κ3) is 2.76. The molecule has 0 N–H and O–H groups in total. The Hall–Kier alpha value is -1.26. The molecule has 0 amide bonds. The lowest BCUT2D eigenvalue weighted by molar-refractivity contribution is -0.142. The predicted octanol–water partition coefficient (Wildman–Crippen LogP) is 2.55. The largest absolute Gasteiger partial charge is 0.381 e. The minimum Gasteiger partial charge on any atom is -0.381 e. The minimum absolute atomic E-state index is 0.0614. The van der Waals surface area contributed by atoms with Crippen molar-refractivity contribution in [1.29, 1.82) is 0 Å². The van der Waals surface area contributed by atoms with E-state index in [0.717, 1.165) is 50.2 Å². The normalized spacial score (nSPS) is 25.6. The van der Waals surface area contributed by atoms with E-state index in [0.29, 0.717) is 6.61 Å². The van der Waals surface area contributed by atoms with Crippen LogP contribution in [0.25, 0.3) is 0 Å². The predicted molar refractivity (Wildman–Crippen MR) is 74.8 cm³/mol. The standard InChI is InChI=1S/C16H21NO3/c1-12-2-3-14(11-17-12)15(18)13-4-7-20-16(10-13)5-8-19-9-6-16/h2-3,11,13H,4-10H2,1H3. The summed E-state index contributed by atoms with van der Waals surface area (Å²) in [6.07, 6.45) is 5.15. The fourth-order valence-electron chi connectivity index (χ4n) is 3.19. The van der Waals surface area contributed by atoms with E-state index in [1.165, 1.54) is 0 Å². The highest BCUT2D eigenvalue weighted by Gasteiger charge is 2.41. The van der Waals surface area contributed by atoms with Crippen molar-refractivity contribution in [2.75, 3.05) is 19.8 Å². The second-order valence-electron chi connectivity index (χ2n) is 5.89. The molecule has 1 spiro atoms. The van der Waals surface area contributed by atoms with Gasteiger partial charge in [-0.3, -0.25) is 9.78 Å². The van der Waals surface area contributed by atoms with Crippen LogP contribution in [0.2, 0.25) is 0 Å². The summed E-state index contributed by atoms with van der Waals surface area (Å²) >= 11 is 0. The molecule has 2 aliphatic rings. The summed E-state index contributed by atoms with van der Waals surface area (Å²) in [5.41, 5.74) is 1.54. The molecule has 0 saturated carbocycles. The van der Waals surface area contributed by atoms with Crippen molar-refractivity contribution in [2.45, 2.75) is 38.2 Å². The molecule has 4 nitrogen and oxygen atoms in total. The molecular weight excluding hydrogens is 254 g/mol. The first-order valence-corrected chi connectivity index (χ1v) is 7.37. The average Bonchev–Trinajstić information content (AvgIpc) is 2.48. The lowest BCUT2D eigenvalue weighted by Gasteiger charge is -2.42. The Kier molecular flexibility index (Phi) is 3.85. The number of carbonyl (C=O) groups is 1. The molecule has 0 radical (unpaired) electrons. The second-order valence-corrected chi connectivity index (χ2v) is 5.89. The lowest BCUT2D eigenvalue weighted by Crippen LogP contribution is -2.45. The van der Waals surface area contributed by atoms with Crippen LogP contribution in [0.4, 0.5) is 0 Å². The van der Waals surface area contributed by atoms with Gasteiger partial charge in [-0.15, -0.1) is 0 Å². The summed E-state index contributed by atoms with van der Waals surface area (Å²) in [6.45, 7) is 4.09. The Balaban J connectivity index is 1.73. The molecule has 2 aliphatic heterocycles. The maximum absolute atomic E-state index is 12.6. The van der Waals surface area contributed by atoms with E-state index in [2.05, 4.69) is 4.98 Å². The molecule has 1 aromatic rings. The molecule has 2 saturated heterocycles. The van der Waals surface area contributed by atoms with Gasteiger partial charge in [-0.1, -0.05) is 0 Å². The van der Waals surface area contributed by atoms with E-state index in [-0.39, 0.29) is 17.3 Å². The molecule has 2 fully saturated rings. The number of hydrogen-bond donors (Lipinski definition) is 0. The van der Waals surface area contributed by atoms with E-state index < -0.39 is 0 Å². The van der Waals surface area contributed by atoms with E-state index in [1.54, 1.807) is 6.20 Å². The quantitative estimate of drug-likeness (QED) is 0.778. The number of hydrogen-bond acceptors (Lipinski definition) is 4. The van der Waals surface area contributed by atoms with Crippen molar-refractivity contribution in [3.8, 4) is 0 Å². The molecule has 1 atom stereocenters. The monoisotopic (exact) mass is 275 g/mol. The number of aryl methyl sites for hydroxylation is 1. The summed E-state index contributed by atoms with van der Waals surface area (Å²) in [5, 5.41) is 0. The molecule has 3 rings (SSSR count). The van der Waals surface area contributed by atoms with Crippen LogP contribution in [0, 0.1) is 12.8 Å². The van der Waals surface area contributed by atoms with Crippen LogP contribution in [0.15, 0.2) is 18.3 Å². The number of aromatic nitrogens is 1. The van der Waals surface area contributed by atoms with Crippen molar-refractivity contribution in [3.63, 3.8) is 0 Å². The van der Waals surface area contributed by atoms with Gasteiger partial charge in [0.15, 0.2) is 5.78 Å². The highest BCUT2D eigenvalue weighted by Crippen LogP contribution is 2.38. The van der Waals surface area contributed by atoms with Crippen molar-refractivity contribution in [3.05, 3.63) is 29.6 Å². The zero-order valence-corrected chi connectivity index (χ0v) is 11.9. The Morgan fingerprint density at radius 1 is 1.30 bits per heavy atom. The SMILES string of the molecule is Cc1ccc(C(=O)C2CCOC3(CCOCC3)C2)cn1. The van der Waals surface area contributed by atoms with Crippen molar-refractivity contribution in [2.24, 2.45) is 5.92 Å². The maximum atomic E-state index is 12.6. The van der Waals surface area contributed by atoms with Gasteiger partial charge in [0.2, 0.25) is 0 Å². The Bertz CT molecular complexity index is 471. The summed E-state index contributed by atoms with van der Waals surface area (Å²) < 4.78 is 11.4. The van der Waals surface area contributed by atoms with Gasteiger partial charge in [-0.25, -0.2) is 0 Å². The molecule has 0 bridgehead atoms. The van der Waals surface area contributed by atoms with Crippen molar-refractivity contribution < 1.29 is 14.3 Å².